The van der Waals surface area contributed by atoms with Crippen molar-refractivity contribution in [2.24, 2.45) is 5.92 Å². The summed E-state index contributed by atoms with van der Waals surface area (Å²) in [6, 6.07) is 3.08. The number of carbonyl (C=O) groups is 2. The molecule has 0 saturated carbocycles. The van der Waals surface area contributed by atoms with Crippen molar-refractivity contribution in [1.82, 2.24) is 10.2 Å². The van der Waals surface area contributed by atoms with Crippen molar-refractivity contribution < 1.29 is 14.3 Å². The summed E-state index contributed by atoms with van der Waals surface area (Å²) in [5.74, 6) is 0.329. The van der Waals surface area contributed by atoms with Gasteiger partial charge in [0.15, 0.2) is 0 Å². The SMILES string of the molecule is CC(C)COC1CCN(C(=O)[C@@H](C)NC(=O)c2cccs2)CC1. The second kappa shape index (κ2) is 8.45. The molecule has 0 radical (unpaired) electrons. The Hall–Kier alpha value is -1.40. The van der Waals surface area contributed by atoms with E-state index in [4.69, 9.17) is 4.74 Å². The van der Waals surface area contributed by atoms with E-state index in [1.165, 1.54) is 11.3 Å². The van der Waals surface area contributed by atoms with Crippen LogP contribution < -0.4 is 5.32 Å². The molecule has 128 valence electrons. The molecule has 1 aromatic heterocycles. The number of hydrogen-bond donors (Lipinski definition) is 1. The smallest absolute Gasteiger partial charge is 0.261 e. The summed E-state index contributed by atoms with van der Waals surface area (Å²) in [6.45, 7) is 8.18. The number of ether oxygens (including phenoxy) is 1. The van der Waals surface area contributed by atoms with Crippen LogP contribution in [0.1, 0.15) is 43.3 Å². The van der Waals surface area contributed by atoms with Crippen LogP contribution in [0.15, 0.2) is 17.5 Å². The van der Waals surface area contributed by atoms with E-state index in [0.717, 1.165) is 19.4 Å². The molecule has 0 bridgehead atoms. The first-order chi connectivity index (χ1) is 11.0. The minimum absolute atomic E-state index is 0.0165. The first-order valence-corrected chi connectivity index (χ1v) is 9.10. The topological polar surface area (TPSA) is 58.6 Å². The number of rotatable bonds is 6. The molecule has 1 saturated heterocycles. The summed E-state index contributed by atoms with van der Waals surface area (Å²) in [5.41, 5.74) is 0. The number of piperidine rings is 1. The fraction of sp³-hybridized carbons (Fsp3) is 0.647. The van der Waals surface area contributed by atoms with Crippen LogP contribution in [-0.4, -0.2) is 48.6 Å². The van der Waals surface area contributed by atoms with E-state index in [2.05, 4.69) is 19.2 Å². The maximum absolute atomic E-state index is 12.4. The molecule has 1 N–H and O–H groups in total. The third-order valence-electron chi connectivity index (χ3n) is 3.88. The molecule has 2 rings (SSSR count). The molecule has 1 aromatic rings. The van der Waals surface area contributed by atoms with Gasteiger partial charge in [-0.1, -0.05) is 19.9 Å². The first kappa shape index (κ1) is 17.9. The Kier molecular flexibility index (Phi) is 6.59. The quantitative estimate of drug-likeness (QED) is 0.867. The van der Waals surface area contributed by atoms with Gasteiger partial charge in [0.2, 0.25) is 5.91 Å². The standard InChI is InChI=1S/C17H26N2O3S/c1-12(2)11-22-14-6-8-19(9-7-14)17(21)13(3)18-16(20)15-5-4-10-23-15/h4-5,10,12-14H,6-9,11H2,1-3H3,(H,18,20)/t13-/m1/s1. The monoisotopic (exact) mass is 338 g/mol. The molecule has 1 fully saturated rings. The Morgan fingerprint density at radius 2 is 2.04 bits per heavy atom. The lowest BCUT2D eigenvalue weighted by Crippen LogP contribution is -2.50. The summed E-state index contributed by atoms with van der Waals surface area (Å²) < 4.78 is 5.84. The minimum Gasteiger partial charge on any atom is -0.378 e. The highest BCUT2D eigenvalue weighted by Gasteiger charge is 2.27. The van der Waals surface area contributed by atoms with Gasteiger partial charge in [-0.2, -0.15) is 0 Å². The van der Waals surface area contributed by atoms with Crippen LogP contribution in [-0.2, 0) is 9.53 Å². The number of nitrogens with one attached hydrogen (secondary N) is 1. The number of carbonyl (C=O) groups excluding carboxylic acids is 2. The van der Waals surface area contributed by atoms with Gasteiger partial charge in [-0.15, -0.1) is 11.3 Å². The predicted molar refractivity (Wildman–Crippen MR) is 91.6 cm³/mol. The van der Waals surface area contributed by atoms with Crippen molar-refractivity contribution in [3.8, 4) is 0 Å². The fourth-order valence-electron chi connectivity index (χ4n) is 2.58. The van der Waals surface area contributed by atoms with Gasteiger partial charge < -0.3 is 15.0 Å². The second-order valence-electron chi connectivity index (χ2n) is 6.42. The van der Waals surface area contributed by atoms with Crippen LogP contribution in [0.2, 0.25) is 0 Å². The molecule has 2 heterocycles. The zero-order valence-corrected chi connectivity index (χ0v) is 14.9. The van der Waals surface area contributed by atoms with Crippen molar-refractivity contribution in [3.63, 3.8) is 0 Å². The molecule has 1 aliphatic heterocycles. The number of likely N-dealkylation sites (tertiary alicyclic amines) is 1. The highest BCUT2D eigenvalue weighted by molar-refractivity contribution is 7.12. The number of thiophene rings is 1. The Balaban J connectivity index is 1.76. The van der Waals surface area contributed by atoms with Crippen LogP contribution in [0, 0.1) is 5.92 Å². The Morgan fingerprint density at radius 3 is 2.61 bits per heavy atom. The fourth-order valence-corrected chi connectivity index (χ4v) is 3.21. The van der Waals surface area contributed by atoms with Gasteiger partial charge >= 0.3 is 0 Å². The molecule has 23 heavy (non-hydrogen) atoms. The minimum atomic E-state index is -0.502. The van der Waals surface area contributed by atoms with E-state index < -0.39 is 6.04 Å². The van der Waals surface area contributed by atoms with E-state index in [9.17, 15) is 9.59 Å². The van der Waals surface area contributed by atoms with Crippen molar-refractivity contribution in [2.45, 2.75) is 45.8 Å². The molecule has 6 heteroatoms. The average molecular weight is 338 g/mol. The molecule has 0 aromatic carbocycles. The number of nitrogens with zero attached hydrogens (tertiary/aromatic N) is 1. The largest absolute Gasteiger partial charge is 0.378 e. The van der Waals surface area contributed by atoms with Crippen molar-refractivity contribution >= 4 is 23.2 Å². The van der Waals surface area contributed by atoms with Gasteiger partial charge in [0.1, 0.15) is 6.04 Å². The van der Waals surface area contributed by atoms with Crippen molar-refractivity contribution in [1.29, 1.82) is 0 Å². The van der Waals surface area contributed by atoms with Gasteiger partial charge in [0.25, 0.3) is 5.91 Å². The Bertz CT molecular complexity index is 508. The molecule has 0 spiro atoms. The van der Waals surface area contributed by atoms with Gasteiger partial charge in [0, 0.05) is 19.7 Å². The summed E-state index contributed by atoms with van der Waals surface area (Å²) >= 11 is 1.37. The van der Waals surface area contributed by atoms with Gasteiger partial charge in [-0.3, -0.25) is 9.59 Å². The third kappa shape index (κ3) is 5.32. The van der Waals surface area contributed by atoms with Crippen LogP contribution in [0.25, 0.3) is 0 Å². The van der Waals surface area contributed by atoms with E-state index in [-0.39, 0.29) is 17.9 Å². The lowest BCUT2D eigenvalue weighted by molar-refractivity contribution is -0.135. The highest BCUT2D eigenvalue weighted by Crippen LogP contribution is 2.16. The lowest BCUT2D eigenvalue weighted by atomic mass is 10.1. The van der Waals surface area contributed by atoms with Gasteiger partial charge in [-0.05, 0) is 37.1 Å². The molecular weight excluding hydrogens is 312 g/mol. The Labute approximate surface area is 142 Å². The summed E-state index contributed by atoms with van der Waals surface area (Å²) in [4.78, 5) is 26.9. The molecule has 0 aliphatic carbocycles. The molecule has 1 atom stereocenters. The Morgan fingerprint density at radius 1 is 1.35 bits per heavy atom. The van der Waals surface area contributed by atoms with Crippen LogP contribution in [0.3, 0.4) is 0 Å². The average Bonchev–Trinajstić information content (AvgIpc) is 3.07. The van der Waals surface area contributed by atoms with Gasteiger partial charge in [0.05, 0.1) is 11.0 Å². The van der Waals surface area contributed by atoms with Crippen molar-refractivity contribution in [3.05, 3.63) is 22.4 Å². The van der Waals surface area contributed by atoms with Crippen LogP contribution >= 0.6 is 11.3 Å². The summed E-state index contributed by atoms with van der Waals surface area (Å²) in [5, 5.41) is 4.63. The number of amides is 2. The van der Waals surface area contributed by atoms with Gasteiger partial charge in [-0.25, -0.2) is 0 Å². The third-order valence-corrected chi connectivity index (χ3v) is 4.75. The van der Waals surface area contributed by atoms with Crippen molar-refractivity contribution in [2.75, 3.05) is 19.7 Å². The van der Waals surface area contributed by atoms with E-state index in [0.29, 0.717) is 23.9 Å². The molecule has 5 nitrogen and oxygen atoms in total. The van der Waals surface area contributed by atoms with E-state index in [1.807, 2.05) is 16.3 Å². The van der Waals surface area contributed by atoms with E-state index in [1.54, 1.807) is 13.0 Å². The second-order valence-corrected chi connectivity index (χ2v) is 7.37. The molecule has 1 aliphatic rings. The predicted octanol–water partition coefficient (Wildman–Crippen LogP) is 2.53. The maximum atomic E-state index is 12.4. The zero-order chi connectivity index (χ0) is 16.8. The summed E-state index contributed by atoms with van der Waals surface area (Å²) in [7, 11) is 0. The molecule has 0 unspecified atom stereocenters. The number of hydrogen-bond acceptors (Lipinski definition) is 4. The van der Waals surface area contributed by atoms with E-state index >= 15 is 0 Å². The van der Waals surface area contributed by atoms with Crippen LogP contribution in [0.5, 0.6) is 0 Å². The summed E-state index contributed by atoms with van der Waals surface area (Å²) in [6.07, 6.45) is 1.98. The first-order valence-electron chi connectivity index (χ1n) is 8.22. The molecule has 2 amide bonds. The normalized spacial score (nSPS) is 17.3. The highest BCUT2D eigenvalue weighted by atomic mass is 32.1. The molecular formula is C17H26N2O3S. The lowest BCUT2D eigenvalue weighted by Gasteiger charge is -2.33. The van der Waals surface area contributed by atoms with Crippen LogP contribution in [0.4, 0.5) is 0 Å². The maximum Gasteiger partial charge on any atom is 0.261 e. The zero-order valence-electron chi connectivity index (χ0n) is 14.1.